The fourth-order valence-corrected chi connectivity index (χ4v) is 1.19. The molecule has 0 aromatic rings. The average Bonchev–Trinajstić information content (AvgIpc) is 1.84. The molecule has 1 saturated carbocycles. The normalized spacial score (nSPS) is 22.7. The van der Waals surface area contributed by atoms with Crippen LogP contribution in [0.15, 0.2) is 0 Å². The van der Waals surface area contributed by atoms with E-state index in [2.05, 4.69) is 0 Å². The third-order valence-electron chi connectivity index (χ3n) is 2.20. The fourth-order valence-electron chi connectivity index (χ4n) is 1.19. The van der Waals surface area contributed by atoms with Crippen LogP contribution in [0.1, 0.15) is 33.1 Å². The van der Waals surface area contributed by atoms with Crippen molar-refractivity contribution in [2.45, 2.75) is 33.1 Å². The van der Waals surface area contributed by atoms with Crippen molar-refractivity contribution in [2.75, 3.05) is 0 Å². The summed E-state index contributed by atoms with van der Waals surface area (Å²) in [6.07, 6.45) is 1.92. The van der Waals surface area contributed by atoms with Gasteiger partial charge in [0.2, 0.25) is 0 Å². The third-order valence-corrected chi connectivity index (χ3v) is 2.20. The van der Waals surface area contributed by atoms with Crippen molar-refractivity contribution in [3.63, 3.8) is 0 Å². The minimum Gasteiger partial charge on any atom is -0.299 e. The molecule has 0 aromatic carbocycles. The Morgan fingerprint density at radius 1 is 1.09 bits per heavy atom. The number of rotatable bonds is 0. The van der Waals surface area contributed by atoms with Gasteiger partial charge in [0.15, 0.2) is 0 Å². The first kappa shape index (κ1) is 11.6. The first-order chi connectivity index (χ1) is 4.55. The summed E-state index contributed by atoms with van der Waals surface area (Å²) in [5.41, 5.74) is -0.682. The molecule has 1 fully saturated rings. The Morgan fingerprint density at radius 2 is 1.45 bits per heavy atom. The maximum atomic E-state index is 11.1. The Balaban J connectivity index is 0.000001000. The van der Waals surface area contributed by atoms with E-state index in [1.54, 1.807) is 13.8 Å². The maximum Gasteiger partial charge on any atom is 0.145 e. The molecule has 0 atom stereocenters. The molecule has 0 spiro atoms. The topological polar surface area (TPSA) is 34.1 Å². The fraction of sp³-hybridized carbons (Fsp3) is 0.750. The molecule has 3 heteroatoms. The van der Waals surface area contributed by atoms with Gasteiger partial charge in [0.1, 0.15) is 11.6 Å². The first-order valence-corrected chi connectivity index (χ1v) is 3.62. The second-order valence-electron chi connectivity index (χ2n) is 3.32. The van der Waals surface area contributed by atoms with Crippen LogP contribution in [0.25, 0.3) is 0 Å². The molecule has 0 N–H and O–H groups in total. The SMILES string of the molecule is CC1(C)C(=O)CCCC1=O.[Ca]. The summed E-state index contributed by atoms with van der Waals surface area (Å²) in [7, 11) is 0. The Labute approximate surface area is 96.7 Å². The molecule has 11 heavy (non-hydrogen) atoms. The summed E-state index contributed by atoms with van der Waals surface area (Å²) in [6.45, 7) is 3.44. The summed E-state index contributed by atoms with van der Waals surface area (Å²) in [6, 6.07) is 0. The molecule has 0 amide bonds. The maximum absolute atomic E-state index is 11.1. The van der Waals surface area contributed by atoms with Gasteiger partial charge >= 0.3 is 0 Å². The predicted molar refractivity (Wildman–Crippen MR) is 43.4 cm³/mol. The molecule has 0 unspecified atom stereocenters. The van der Waals surface area contributed by atoms with Gasteiger partial charge in [-0.1, -0.05) is 0 Å². The third kappa shape index (κ3) is 2.27. The Kier molecular flexibility index (Phi) is 4.23. The molecule has 2 radical (unpaired) electrons. The van der Waals surface area contributed by atoms with E-state index < -0.39 is 5.41 Å². The van der Waals surface area contributed by atoms with E-state index in [0.29, 0.717) is 12.8 Å². The molecule has 0 heterocycles. The molecule has 0 aromatic heterocycles. The van der Waals surface area contributed by atoms with E-state index in [1.165, 1.54) is 0 Å². The van der Waals surface area contributed by atoms with Gasteiger partial charge in [-0.15, -0.1) is 0 Å². The Morgan fingerprint density at radius 3 is 1.73 bits per heavy atom. The number of hydrogen-bond donors (Lipinski definition) is 0. The summed E-state index contributed by atoms with van der Waals surface area (Å²) >= 11 is 0. The van der Waals surface area contributed by atoms with Crippen LogP contribution in [0.5, 0.6) is 0 Å². The zero-order valence-corrected chi connectivity index (χ0v) is 9.35. The van der Waals surface area contributed by atoms with Crippen LogP contribution >= 0.6 is 0 Å². The van der Waals surface area contributed by atoms with Crippen LogP contribution in [0.3, 0.4) is 0 Å². The number of carbonyl (C=O) groups is 2. The molecule has 0 saturated heterocycles. The van der Waals surface area contributed by atoms with Gasteiger partial charge in [-0.05, 0) is 20.3 Å². The van der Waals surface area contributed by atoms with Crippen LogP contribution in [-0.2, 0) is 9.59 Å². The Bertz CT molecular complexity index is 167. The predicted octanol–water partition coefficient (Wildman–Crippen LogP) is 0.954. The summed E-state index contributed by atoms with van der Waals surface area (Å²) in [4.78, 5) is 22.2. The van der Waals surface area contributed by atoms with Gasteiger partial charge in [-0.25, -0.2) is 0 Å². The van der Waals surface area contributed by atoms with Gasteiger partial charge < -0.3 is 0 Å². The first-order valence-electron chi connectivity index (χ1n) is 3.62. The molecule has 0 aliphatic heterocycles. The van der Waals surface area contributed by atoms with Crippen LogP contribution in [-0.4, -0.2) is 49.3 Å². The average molecular weight is 180 g/mol. The van der Waals surface area contributed by atoms with E-state index >= 15 is 0 Å². The monoisotopic (exact) mass is 180 g/mol. The minimum atomic E-state index is -0.682. The van der Waals surface area contributed by atoms with Crippen molar-refractivity contribution in [1.29, 1.82) is 0 Å². The van der Waals surface area contributed by atoms with E-state index in [-0.39, 0.29) is 49.3 Å². The van der Waals surface area contributed by atoms with Gasteiger partial charge in [-0.3, -0.25) is 9.59 Å². The molecular weight excluding hydrogens is 168 g/mol. The van der Waals surface area contributed by atoms with E-state index in [1.807, 2.05) is 0 Å². The van der Waals surface area contributed by atoms with Crippen molar-refractivity contribution < 1.29 is 9.59 Å². The van der Waals surface area contributed by atoms with Crippen LogP contribution in [0.4, 0.5) is 0 Å². The largest absolute Gasteiger partial charge is 0.299 e. The summed E-state index contributed by atoms with van der Waals surface area (Å²) < 4.78 is 0. The second-order valence-corrected chi connectivity index (χ2v) is 3.32. The zero-order valence-electron chi connectivity index (χ0n) is 7.14. The van der Waals surface area contributed by atoms with E-state index in [0.717, 1.165) is 6.42 Å². The zero-order chi connectivity index (χ0) is 7.78. The molecule has 2 nitrogen and oxygen atoms in total. The van der Waals surface area contributed by atoms with E-state index in [4.69, 9.17) is 0 Å². The van der Waals surface area contributed by atoms with Crippen molar-refractivity contribution in [1.82, 2.24) is 0 Å². The van der Waals surface area contributed by atoms with Crippen molar-refractivity contribution in [3.8, 4) is 0 Å². The van der Waals surface area contributed by atoms with Gasteiger partial charge in [0, 0.05) is 50.6 Å². The number of ketones is 2. The van der Waals surface area contributed by atoms with Crippen LogP contribution in [0.2, 0.25) is 0 Å². The smallest absolute Gasteiger partial charge is 0.145 e. The summed E-state index contributed by atoms with van der Waals surface area (Å²) in [5.74, 6) is 0.201. The van der Waals surface area contributed by atoms with Gasteiger partial charge in [0.25, 0.3) is 0 Å². The standard InChI is InChI=1S/C8H12O2.Ca/c1-8(2)6(9)4-3-5-7(8)10;/h3-5H2,1-2H3;. The van der Waals surface area contributed by atoms with Crippen LogP contribution < -0.4 is 0 Å². The summed E-state index contributed by atoms with van der Waals surface area (Å²) in [5, 5.41) is 0. The number of hydrogen-bond acceptors (Lipinski definition) is 2. The van der Waals surface area contributed by atoms with E-state index in [9.17, 15) is 9.59 Å². The minimum absolute atomic E-state index is 0. The van der Waals surface area contributed by atoms with Crippen molar-refractivity contribution >= 4 is 49.3 Å². The second kappa shape index (κ2) is 4.01. The molecule has 1 aliphatic rings. The molecule has 1 rings (SSSR count). The number of Topliss-reactive ketones (excluding diaryl/α,β-unsaturated/α-hetero) is 2. The van der Waals surface area contributed by atoms with Crippen molar-refractivity contribution in [3.05, 3.63) is 0 Å². The molecule has 58 valence electrons. The van der Waals surface area contributed by atoms with Crippen molar-refractivity contribution in [2.24, 2.45) is 5.41 Å². The molecule has 1 aliphatic carbocycles. The quantitative estimate of drug-likeness (QED) is 0.411. The molecular formula is C8H12CaO2. The van der Waals surface area contributed by atoms with Crippen LogP contribution in [0, 0.1) is 5.41 Å². The Hall–Kier alpha value is 0.600. The molecule has 0 bridgehead atoms. The van der Waals surface area contributed by atoms with Gasteiger partial charge in [-0.2, -0.15) is 0 Å². The van der Waals surface area contributed by atoms with Gasteiger partial charge in [0.05, 0.1) is 5.41 Å². The number of carbonyl (C=O) groups excluding carboxylic acids is 2.